The van der Waals surface area contributed by atoms with Gasteiger partial charge in [-0.2, -0.15) is 0 Å². The maximum Gasteiger partial charge on any atom is 0.226 e. The fourth-order valence-corrected chi connectivity index (χ4v) is 1.82. The quantitative estimate of drug-likeness (QED) is 0.877. The lowest BCUT2D eigenvalue weighted by molar-refractivity contribution is 0.570. The molecule has 1 aromatic heterocycles. The first-order valence-corrected chi connectivity index (χ1v) is 5.93. The van der Waals surface area contributed by atoms with E-state index in [2.05, 4.69) is 49.3 Å². The second-order valence-electron chi connectivity index (χ2n) is 4.24. The number of aromatic nitrogens is 1. The van der Waals surface area contributed by atoms with Crippen molar-refractivity contribution in [2.45, 2.75) is 27.3 Å². The van der Waals surface area contributed by atoms with E-state index in [9.17, 15) is 0 Å². The number of nitrogens with zero attached hydrogens (tertiary/aromatic N) is 1. The Morgan fingerprint density at radius 1 is 1.29 bits per heavy atom. The summed E-state index contributed by atoms with van der Waals surface area (Å²) in [5.74, 6) is 0.704. The molecule has 0 saturated heterocycles. The van der Waals surface area contributed by atoms with Crippen molar-refractivity contribution in [3.05, 3.63) is 41.3 Å². The first-order valence-electron chi connectivity index (χ1n) is 5.93. The van der Waals surface area contributed by atoms with E-state index in [1.165, 1.54) is 11.1 Å². The summed E-state index contributed by atoms with van der Waals surface area (Å²) in [6, 6.07) is 6.29. The SMILES string of the molecule is CCNCc1coc(-c2ccc(C)cc2C)n1. The maximum absolute atomic E-state index is 5.52. The van der Waals surface area contributed by atoms with Crippen LogP contribution in [0.25, 0.3) is 11.5 Å². The Labute approximate surface area is 102 Å². The molecular formula is C14H18N2O. The standard InChI is InChI=1S/C14H18N2O/c1-4-15-8-12-9-17-14(16-12)13-6-5-10(2)7-11(13)3/h5-7,9,15H,4,8H2,1-3H3. The molecule has 90 valence electrons. The van der Waals surface area contributed by atoms with E-state index in [-0.39, 0.29) is 0 Å². The van der Waals surface area contributed by atoms with Crippen LogP contribution in [0.2, 0.25) is 0 Å². The van der Waals surface area contributed by atoms with Crippen LogP contribution < -0.4 is 5.32 Å². The number of nitrogens with one attached hydrogen (secondary N) is 1. The third-order valence-corrected chi connectivity index (χ3v) is 2.72. The smallest absolute Gasteiger partial charge is 0.226 e. The summed E-state index contributed by atoms with van der Waals surface area (Å²) >= 11 is 0. The van der Waals surface area contributed by atoms with Crippen molar-refractivity contribution in [2.24, 2.45) is 0 Å². The molecule has 2 aromatic rings. The Morgan fingerprint density at radius 2 is 2.12 bits per heavy atom. The van der Waals surface area contributed by atoms with Gasteiger partial charge in [0.2, 0.25) is 5.89 Å². The summed E-state index contributed by atoms with van der Waals surface area (Å²) in [6.07, 6.45) is 1.72. The van der Waals surface area contributed by atoms with E-state index >= 15 is 0 Å². The molecule has 0 aliphatic rings. The molecule has 3 heteroatoms. The van der Waals surface area contributed by atoms with E-state index in [1.54, 1.807) is 6.26 Å². The van der Waals surface area contributed by atoms with Crippen LogP contribution in [0.4, 0.5) is 0 Å². The van der Waals surface area contributed by atoms with Gasteiger partial charge in [0.15, 0.2) is 0 Å². The second-order valence-corrected chi connectivity index (χ2v) is 4.24. The molecule has 0 unspecified atom stereocenters. The number of hydrogen-bond donors (Lipinski definition) is 1. The normalized spacial score (nSPS) is 10.8. The van der Waals surface area contributed by atoms with Gasteiger partial charge in [0.1, 0.15) is 6.26 Å². The Kier molecular flexibility index (Phi) is 3.59. The minimum atomic E-state index is 0.704. The van der Waals surface area contributed by atoms with Crippen LogP contribution in [-0.4, -0.2) is 11.5 Å². The first-order chi connectivity index (χ1) is 8.20. The number of rotatable bonds is 4. The lowest BCUT2D eigenvalue weighted by Crippen LogP contribution is -2.11. The molecule has 0 fully saturated rings. The predicted molar refractivity (Wildman–Crippen MR) is 68.8 cm³/mol. The maximum atomic E-state index is 5.52. The summed E-state index contributed by atoms with van der Waals surface area (Å²) in [5.41, 5.74) is 4.47. The highest BCUT2D eigenvalue weighted by atomic mass is 16.3. The summed E-state index contributed by atoms with van der Waals surface area (Å²) in [7, 11) is 0. The van der Waals surface area contributed by atoms with Crippen molar-refractivity contribution in [1.82, 2.24) is 10.3 Å². The summed E-state index contributed by atoms with van der Waals surface area (Å²) in [5, 5.41) is 3.23. The molecular weight excluding hydrogens is 212 g/mol. The number of aryl methyl sites for hydroxylation is 2. The average molecular weight is 230 g/mol. The van der Waals surface area contributed by atoms with Gasteiger partial charge in [-0.25, -0.2) is 4.98 Å². The van der Waals surface area contributed by atoms with Gasteiger partial charge in [-0.15, -0.1) is 0 Å². The minimum absolute atomic E-state index is 0.704. The predicted octanol–water partition coefficient (Wildman–Crippen LogP) is 3.07. The van der Waals surface area contributed by atoms with Gasteiger partial charge in [-0.3, -0.25) is 0 Å². The monoisotopic (exact) mass is 230 g/mol. The van der Waals surface area contributed by atoms with Crippen LogP contribution in [0, 0.1) is 13.8 Å². The van der Waals surface area contributed by atoms with Gasteiger partial charge in [-0.05, 0) is 32.0 Å². The Bertz CT molecular complexity index is 503. The first kappa shape index (κ1) is 11.9. The second kappa shape index (κ2) is 5.15. The number of hydrogen-bond acceptors (Lipinski definition) is 3. The zero-order valence-electron chi connectivity index (χ0n) is 10.6. The van der Waals surface area contributed by atoms with Gasteiger partial charge >= 0.3 is 0 Å². The molecule has 1 aromatic carbocycles. The van der Waals surface area contributed by atoms with Crippen LogP contribution in [0.1, 0.15) is 23.7 Å². The molecule has 0 bridgehead atoms. The van der Waals surface area contributed by atoms with Crippen LogP contribution in [0.15, 0.2) is 28.9 Å². The Balaban J connectivity index is 2.24. The molecule has 0 aliphatic heterocycles. The minimum Gasteiger partial charge on any atom is -0.444 e. The van der Waals surface area contributed by atoms with Crippen molar-refractivity contribution in [2.75, 3.05) is 6.54 Å². The van der Waals surface area contributed by atoms with Gasteiger partial charge in [0.25, 0.3) is 0 Å². The van der Waals surface area contributed by atoms with Gasteiger partial charge in [0.05, 0.1) is 5.69 Å². The molecule has 1 N–H and O–H groups in total. The van der Waals surface area contributed by atoms with Crippen molar-refractivity contribution >= 4 is 0 Å². The van der Waals surface area contributed by atoms with Gasteiger partial charge in [0, 0.05) is 12.1 Å². The highest BCUT2D eigenvalue weighted by Crippen LogP contribution is 2.23. The Morgan fingerprint density at radius 3 is 2.82 bits per heavy atom. The average Bonchev–Trinajstić information content (AvgIpc) is 2.75. The fraction of sp³-hybridized carbons (Fsp3) is 0.357. The summed E-state index contributed by atoms with van der Waals surface area (Å²) in [6.45, 7) is 7.93. The van der Waals surface area contributed by atoms with Crippen molar-refractivity contribution < 1.29 is 4.42 Å². The van der Waals surface area contributed by atoms with Crippen molar-refractivity contribution in [1.29, 1.82) is 0 Å². The van der Waals surface area contributed by atoms with Crippen LogP contribution in [0.3, 0.4) is 0 Å². The summed E-state index contributed by atoms with van der Waals surface area (Å²) < 4.78 is 5.52. The zero-order chi connectivity index (χ0) is 12.3. The topological polar surface area (TPSA) is 38.1 Å². The highest BCUT2D eigenvalue weighted by molar-refractivity contribution is 5.59. The van der Waals surface area contributed by atoms with E-state index in [0.717, 1.165) is 24.3 Å². The fourth-order valence-electron chi connectivity index (χ4n) is 1.82. The molecule has 0 spiro atoms. The molecule has 2 rings (SSSR count). The highest BCUT2D eigenvalue weighted by Gasteiger charge is 2.08. The van der Waals surface area contributed by atoms with Crippen LogP contribution in [-0.2, 0) is 6.54 Å². The lowest BCUT2D eigenvalue weighted by Gasteiger charge is -2.02. The third kappa shape index (κ3) is 2.74. The van der Waals surface area contributed by atoms with E-state index < -0.39 is 0 Å². The Hall–Kier alpha value is -1.61. The van der Waals surface area contributed by atoms with Gasteiger partial charge in [-0.1, -0.05) is 24.6 Å². The van der Waals surface area contributed by atoms with Crippen molar-refractivity contribution in [3.8, 4) is 11.5 Å². The largest absolute Gasteiger partial charge is 0.444 e. The number of benzene rings is 1. The molecule has 1 heterocycles. The molecule has 0 radical (unpaired) electrons. The lowest BCUT2D eigenvalue weighted by atomic mass is 10.1. The molecule has 0 aliphatic carbocycles. The molecule has 0 saturated carbocycles. The number of oxazole rings is 1. The molecule has 0 amide bonds. The van der Waals surface area contributed by atoms with Crippen molar-refractivity contribution in [3.63, 3.8) is 0 Å². The molecule has 0 atom stereocenters. The molecule has 3 nitrogen and oxygen atoms in total. The summed E-state index contributed by atoms with van der Waals surface area (Å²) in [4.78, 5) is 4.48. The van der Waals surface area contributed by atoms with E-state index in [0.29, 0.717) is 5.89 Å². The molecule has 17 heavy (non-hydrogen) atoms. The third-order valence-electron chi connectivity index (χ3n) is 2.72. The van der Waals surface area contributed by atoms with E-state index in [1.807, 2.05) is 0 Å². The van der Waals surface area contributed by atoms with Crippen LogP contribution >= 0.6 is 0 Å². The van der Waals surface area contributed by atoms with Gasteiger partial charge < -0.3 is 9.73 Å². The van der Waals surface area contributed by atoms with Crippen LogP contribution in [0.5, 0.6) is 0 Å². The van der Waals surface area contributed by atoms with E-state index in [4.69, 9.17) is 4.42 Å². The zero-order valence-corrected chi connectivity index (χ0v) is 10.6.